The van der Waals surface area contributed by atoms with E-state index in [9.17, 15) is 9.18 Å². The molecule has 0 saturated carbocycles. The third kappa shape index (κ3) is 4.48. The summed E-state index contributed by atoms with van der Waals surface area (Å²) in [6.07, 6.45) is 1.84. The normalized spacial score (nSPS) is 17.6. The summed E-state index contributed by atoms with van der Waals surface area (Å²) in [7, 11) is 0. The van der Waals surface area contributed by atoms with Gasteiger partial charge in [-0.3, -0.25) is 4.79 Å². The van der Waals surface area contributed by atoms with Gasteiger partial charge in [-0.15, -0.1) is 0 Å². The maximum atomic E-state index is 13.5. The van der Waals surface area contributed by atoms with Crippen molar-refractivity contribution < 1.29 is 9.18 Å². The minimum Gasteiger partial charge on any atom is -0.351 e. The second-order valence-electron chi connectivity index (χ2n) is 4.08. The van der Waals surface area contributed by atoms with Crippen molar-refractivity contribution in [2.45, 2.75) is 39.3 Å². The Balaban J connectivity index is 0.000000861. The van der Waals surface area contributed by atoms with Crippen molar-refractivity contribution in [2.75, 3.05) is 6.54 Å². The molecule has 0 aromatic heterocycles. The number of amides is 1. The van der Waals surface area contributed by atoms with E-state index in [0.29, 0.717) is 5.56 Å². The summed E-state index contributed by atoms with van der Waals surface area (Å²) in [5.74, 6) is -0.546. The fourth-order valence-corrected chi connectivity index (χ4v) is 2.09. The van der Waals surface area contributed by atoms with Gasteiger partial charge in [0.15, 0.2) is 0 Å². The SMILES string of the molecule is CC.O=C(NCc1cccc(Cl)c1F)C1CCCN1. The molecule has 1 amide bonds. The van der Waals surface area contributed by atoms with Crippen LogP contribution in [0.15, 0.2) is 18.2 Å². The number of benzene rings is 1. The second-order valence-corrected chi connectivity index (χ2v) is 4.49. The van der Waals surface area contributed by atoms with E-state index in [-0.39, 0.29) is 23.5 Å². The van der Waals surface area contributed by atoms with Crippen molar-refractivity contribution in [1.29, 1.82) is 0 Å². The van der Waals surface area contributed by atoms with Crippen LogP contribution in [0.3, 0.4) is 0 Å². The van der Waals surface area contributed by atoms with Gasteiger partial charge in [0.25, 0.3) is 0 Å². The van der Waals surface area contributed by atoms with Crippen molar-refractivity contribution in [3.8, 4) is 0 Å². The van der Waals surface area contributed by atoms with E-state index in [2.05, 4.69) is 10.6 Å². The maximum absolute atomic E-state index is 13.5. The van der Waals surface area contributed by atoms with E-state index in [0.717, 1.165) is 19.4 Å². The smallest absolute Gasteiger partial charge is 0.237 e. The molecule has 0 bridgehead atoms. The molecule has 1 aliphatic rings. The molecule has 1 fully saturated rings. The zero-order chi connectivity index (χ0) is 14.3. The summed E-state index contributed by atoms with van der Waals surface area (Å²) < 4.78 is 13.5. The lowest BCUT2D eigenvalue weighted by Gasteiger charge is -2.11. The van der Waals surface area contributed by atoms with Gasteiger partial charge < -0.3 is 10.6 Å². The summed E-state index contributed by atoms with van der Waals surface area (Å²) in [5, 5.41) is 5.88. The molecule has 0 aliphatic carbocycles. The first-order valence-corrected chi connectivity index (χ1v) is 7.00. The quantitative estimate of drug-likeness (QED) is 0.897. The first-order valence-electron chi connectivity index (χ1n) is 6.62. The molecule has 1 saturated heterocycles. The van der Waals surface area contributed by atoms with E-state index in [1.165, 1.54) is 6.07 Å². The number of carbonyl (C=O) groups excluding carboxylic acids is 1. The standard InChI is InChI=1S/C12H14ClFN2O.C2H6/c13-9-4-1-3-8(11(9)14)7-16-12(17)10-5-2-6-15-10;1-2/h1,3-4,10,15H,2,5-7H2,(H,16,17);1-2H3. The third-order valence-electron chi connectivity index (χ3n) is 2.86. The highest BCUT2D eigenvalue weighted by molar-refractivity contribution is 6.30. The lowest BCUT2D eigenvalue weighted by molar-refractivity contribution is -0.122. The summed E-state index contributed by atoms with van der Waals surface area (Å²) in [4.78, 5) is 11.7. The van der Waals surface area contributed by atoms with Crippen LogP contribution in [0.4, 0.5) is 4.39 Å². The Hall–Kier alpha value is -1.13. The van der Waals surface area contributed by atoms with Gasteiger partial charge in [-0.2, -0.15) is 0 Å². The Labute approximate surface area is 118 Å². The predicted octanol–water partition coefficient (Wildman–Crippen LogP) is 2.87. The van der Waals surface area contributed by atoms with Crippen molar-refractivity contribution in [1.82, 2.24) is 10.6 Å². The van der Waals surface area contributed by atoms with Crippen molar-refractivity contribution >= 4 is 17.5 Å². The summed E-state index contributed by atoms with van der Waals surface area (Å²) >= 11 is 5.66. The molecular weight excluding hydrogens is 267 g/mol. The maximum Gasteiger partial charge on any atom is 0.237 e. The molecule has 19 heavy (non-hydrogen) atoms. The molecule has 2 rings (SSSR count). The van der Waals surface area contributed by atoms with Gasteiger partial charge in [0.05, 0.1) is 11.1 Å². The van der Waals surface area contributed by atoms with Gasteiger partial charge in [-0.05, 0) is 25.5 Å². The average molecular weight is 287 g/mol. The zero-order valence-electron chi connectivity index (χ0n) is 11.3. The lowest BCUT2D eigenvalue weighted by Crippen LogP contribution is -2.40. The van der Waals surface area contributed by atoms with Gasteiger partial charge in [0.2, 0.25) is 5.91 Å². The number of rotatable bonds is 3. The number of hydrogen-bond donors (Lipinski definition) is 2. The molecule has 106 valence electrons. The number of nitrogens with one attached hydrogen (secondary N) is 2. The Morgan fingerprint density at radius 2 is 2.26 bits per heavy atom. The largest absolute Gasteiger partial charge is 0.351 e. The monoisotopic (exact) mass is 286 g/mol. The van der Waals surface area contributed by atoms with E-state index < -0.39 is 5.82 Å². The molecule has 1 aromatic rings. The van der Waals surface area contributed by atoms with Crippen LogP contribution in [-0.4, -0.2) is 18.5 Å². The van der Waals surface area contributed by atoms with E-state index in [4.69, 9.17) is 11.6 Å². The minimum atomic E-state index is -0.464. The van der Waals surface area contributed by atoms with E-state index >= 15 is 0 Å². The number of hydrogen-bond acceptors (Lipinski definition) is 2. The first-order chi connectivity index (χ1) is 9.18. The highest BCUT2D eigenvalue weighted by Crippen LogP contribution is 2.17. The van der Waals surface area contributed by atoms with Crippen molar-refractivity contribution in [3.05, 3.63) is 34.6 Å². The fraction of sp³-hybridized carbons (Fsp3) is 0.500. The van der Waals surface area contributed by atoms with Gasteiger partial charge >= 0.3 is 0 Å². The molecule has 1 heterocycles. The summed E-state index contributed by atoms with van der Waals surface area (Å²) in [6.45, 7) is 5.03. The molecule has 5 heteroatoms. The summed E-state index contributed by atoms with van der Waals surface area (Å²) in [5.41, 5.74) is 0.406. The highest BCUT2D eigenvalue weighted by atomic mass is 35.5. The predicted molar refractivity (Wildman–Crippen MR) is 75.6 cm³/mol. The van der Waals surface area contributed by atoms with E-state index in [1.54, 1.807) is 12.1 Å². The van der Waals surface area contributed by atoms with Crippen LogP contribution in [-0.2, 0) is 11.3 Å². The van der Waals surface area contributed by atoms with Gasteiger partial charge in [-0.25, -0.2) is 4.39 Å². The second kappa shape index (κ2) is 8.12. The topological polar surface area (TPSA) is 41.1 Å². The Bertz CT molecular complexity index is 420. The molecular formula is C14H20ClFN2O. The Morgan fingerprint density at radius 3 is 2.89 bits per heavy atom. The van der Waals surface area contributed by atoms with Crippen LogP contribution in [0, 0.1) is 5.82 Å². The van der Waals surface area contributed by atoms with Crippen LogP contribution < -0.4 is 10.6 Å². The highest BCUT2D eigenvalue weighted by Gasteiger charge is 2.21. The molecule has 0 spiro atoms. The molecule has 0 radical (unpaired) electrons. The molecule has 1 unspecified atom stereocenters. The number of halogens is 2. The Kier molecular flexibility index (Phi) is 6.81. The third-order valence-corrected chi connectivity index (χ3v) is 3.15. The van der Waals surface area contributed by atoms with Gasteiger partial charge in [0.1, 0.15) is 5.82 Å². The summed E-state index contributed by atoms with van der Waals surface area (Å²) in [6, 6.07) is 4.63. The molecule has 1 atom stereocenters. The van der Waals surface area contributed by atoms with Crippen LogP contribution in [0.25, 0.3) is 0 Å². The van der Waals surface area contributed by atoms with Gasteiger partial charge in [-0.1, -0.05) is 37.6 Å². The first kappa shape index (κ1) is 15.9. The average Bonchev–Trinajstić information content (AvgIpc) is 2.96. The van der Waals surface area contributed by atoms with Crippen LogP contribution >= 0.6 is 11.6 Å². The molecule has 1 aliphatic heterocycles. The van der Waals surface area contributed by atoms with Crippen molar-refractivity contribution in [3.63, 3.8) is 0 Å². The fourth-order valence-electron chi connectivity index (χ4n) is 1.90. The molecule has 2 N–H and O–H groups in total. The molecule has 1 aromatic carbocycles. The zero-order valence-corrected chi connectivity index (χ0v) is 12.1. The minimum absolute atomic E-state index is 0.0794. The van der Waals surface area contributed by atoms with Crippen LogP contribution in [0.1, 0.15) is 32.3 Å². The van der Waals surface area contributed by atoms with Crippen LogP contribution in [0.5, 0.6) is 0 Å². The van der Waals surface area contributed by atoms with Crippen LogP contribution in [0.2, 0.25) is 5.02 Å². The lowest BCUT2D eigenvalue weighted by atomic mass is 10.2. The Morgan fingerprint density at radius 1 is 1.53 bits per heavy atom. The van der Waals surface area contributed by atoms with Crippen molar-refractivity contribution in [2.24, 2.45) is 0 Å². The number of carbonyl (C=O) groups is 1. The molecule has 3 nitrogen and oxygen atoms in total. The van der Waals surface area contributed by atoms with E-state index in [1.807, 2.05) is 13.8 Å². The van der Waals surface area contributed by atoms with Gasteiger partial charge in [0, 0.05) is 12.1 Å².